The first-order chi connectivity index (χ1) is 16.4. The quantitative estimate of drug-likeness (QED) is 0.211. The number of benzene rings is 2. The molecule has 1 atom stereocenters. The SMILES string of the molecule is [C-]1=Cc2ccccc2C1c1cccc(N(c2ccccc2)c2cccc(-n3[c-]ccc3)n2)n1.[Pt+2]. The number of nitrogens with zero attached hydrogens (tertiary/aromatic N) is 4. The third-order valence-corrected chi connectivity index (χ3v) is 5.75. The maximum Gasteiger partial charge on any atom is 2.00 e. The molecular formula is C29H20N4Pt. The van der Waals surface area contributed by atoms with Crippen molar-refractivity contribution in [3.05, 3.63) is 138 Å². The minimum atomic E-state index is 0. The summed E-state index contributed by atoms with van der Waals surface area (Å²) in [4.78, 5) is 12.1. The van der Waals surface area contributed by atoms with Crippen molar-refractivity contribution in [2.75, 3.05) is 4.90 Å². The maximum absolute atomic E-state index is 5.09. The molecule has 2 aromatic carbocycles. The molecule has 4 nitrogen and oxygen atoms in total. The van der Waals surface area contributed by atoms with Crippen LogP contribution in [0.2, 0.25) is 0 Å². The number of pyridine rings is 2. The minimum absolute atomic E-state index is 0. The molecule has 0 saturated carbocycles. The van der Waals surface area contributed by atoms with E-state index in [9.17, 15) is 0 Å². The van der Waals surface area contributed by atoms with Gasteiger partial charge < -0.3 is 4.57 Å². The van der Waals surface area contributed by atoms with E-state index in [2.05, 4.69) is 71.8 Å². The van der Waals surface area contributed by atoms with Crippen molar-refractivity contribution in [1.82, 2.24) is 14.5 Å². The number of fused-ring (bicyclic) bond motifs is 1. The fourth-order valence-corrected chi connectivity index (χ4v) is 4.21. The molecule has 0 aliphatic heterocycles. The van der Waals surface area contributed by atoms with E-state index in [1.165, 1.54) is 11.1 Å². The monoisotopic (exact) mass is 619 g/mol. The second kappa shape index (κ2) is 9.62. The number of hydrogen-bond donors (Lipinski definition) is 0. The summed E-state index contributed by atoms with van der Waals surface area (Å²) in [5.41, 5.74) is 4.39. The zero-order valence-electron chi connectivity index (χ0n) is 18.2. The third kappa shape index (κ3) is 4.13. The molecule has 34 heavy (non-hydrogen) atoms. The zero-order valence-corrected chi connectivity index (χ0v) is 20.4. The van der Waals surface area contributed by atoms with Crippen molar-refractivity contribution in [2.45, 2.75) is 5.92 Å². The second-order valence-electron chi connectivity index (χ2n) is 7.83. The molecule has 3 aromatic heterocycles. The summed E-state index contributed by atoms with van der Waals surface area (Å²) >= 11 is 0. The first kappa shape index (κ1) is 22.1. The Kier molecular flexibility index (Phi) is 6.24. The topological polar surface area (TPSA) is 34.0 Å². The van der Waals surface area contributed by atoms with Crippen LogP contribution in [0.5, 0.6) is 0 Å². The fourth-order valence-electron chi connectivity index (χ4n) is 4.21. The summed E-state index contributed by atoms with van der Waals surface area (Å²) < 4.78 is 1.88. The van der Waals surface area contributed by atoms with Crippen molar-refractivity contribution >= 4 is 23.4 Å². The van der Waals surface area contributed by atoms with Crippen LogP contribution >= 0.6 is 0 Å². The molecule has 6 rings (SSSR count). The van der Waals surface area contributed by atoms with E-state index in [0.717, 1.165) is 28.8 Å². The van der Waals surface area contributed by atoms with Gasteiger partial charge in [0.2, 0.25) is 0 Å². The van der Waals surface area contributed by atoms with E-state index < -0.39 is 0 Å². The average molecular weight is 620 g/mol. The van der Waals surface area contributed by atoms with Gasteiger partial charge in [0.25, 0.3) is 0 Å². The van der Waals surface area contributed by atoms with Crippen LogP contribution in [0.3, 0.4) is 0 Å². The molecule has 0 saturated heterocycles. The molecule has 0 radical (unpaired) electrons. The van der Waals surface area contributed by atoms with Crippen molar-refractivity contribution in [3.63, 3.8) is 0 Å². The summed E-state index contributed by atoms with van der Waals surface area (Å²) in [6.45, 7) is 0. The first-order valence-corrected chi connectivity index (χ1v) is 10.9. The standard InChI is InChI=1S/C29H20N4.Pt/c1-2-11-23(12-3-1)33(29-17-9-15-27(31-29)32-20-6-7-21-32)28-16-8-14-26(30-28)25-19-18-22-10-4-5-13-24(22)25;/h1-18,20,25H;/q-2;+2. The Morgan fingerprint density at radius 2 is 1.50 bits per heavy atom. The van der Waals surface area contributed by atoms with E-state index in [1.54, 1.807) is 0 Å². The molecule has 5 aromatic rings. The number of allylic oxidation sites excluding steroid dienone is 1. The van der Waals surface area contributed by atoms with E-state index in [-0.39, 0.29) is 27.0 Å². The van der Waals surface area contributed by atoms with Crippen LogP contribution in [0, 0.1) is 12.3 Å². The molecule has 0 amide bonds. The second-order valence-corrected chi connectivity index (χ2v) is 7.83. The number of para-hydroxylation sites is 1. The Bertz CT molecular complexity index is 1430. The number of rotatable bonds is 5. The normalized spacial score (nSPS) is 13.8. The average Bonchev–Trinajstić information content (AvgIpc) is 3.56. The molecule has 0 fully saturated rings. The summed E-state index contributed by atoms with van der Waals surface area (Å²) in [5, 5.41) is 0. The van der Waals surface area contributed by atoms with Gasteiger partial charge >= 0.3 is 21.1 Å². The fraction of sp³-hybridized carbons (Fsp3) is 0.0345. The molecule has 1 aliphatic rings. The van der Waals surface area contributed by atoms with Crippen molar-refractivity contribution in [3.8, 4) is 5.82 Å². The van der Waals surface area contributed by atoms with Gasteiger partial charge in [-0.15, -0.1) is 23.9 Å². The van der Waals surface area contributed by atoms with Crippen LogP contribution in [0.25, 0.3) is 11.9 Å². The van der Waals surface area contributed by atoms with Gasteiger partial charge in [0, 0.05) is 11.4 Å². The van der Waals surface area contributed by atoms with Gasteiger partial charge in [-0.05, 0) is 36.2 Å². The van der Waals surface area contributed by atoms with Crippen LogP contribution in [-0.4, -0.2) is 14.5 Å². The van der Waals surface area contributed by atoms with Crippen molar-refractivity contribution < 1.29 is 21.1 Å². The predicted octanol–water partition coefficient (Wildman–Crippen LogP) is 6.50. The van der Waals surface area contributed by atoms with E-state index in [4.69, 9.17) is 9.97 Å². The van der Waals surface area contributed by atoms with Gasteiger partial charge in [0.1, 0.15) is 11.6 Å². The van der Waals surface area contributed by atoms with Gasteiger partial charge in [-0.25, -0.2) is 11.1 Å². The van der Waals surface area contributed by atoms with Crippen LogP contribution in [-0.2, 0) is 21.1 Å². The molecule has 1 aliphatic carbocycles. The Hall–Kier alpha value is -3.75. The van der Waals surface area contributed by atoms with Gasteiger partial charge in [-0.1, -0.05) is 60.8 Å². The molecule has 166 valence electrons. The van der Waals surface area contributed by atoms with Crippen LogP contribution in [0.15, 0.2) is 109 Å². The molecule has 0 bridgehead atoms. The summed E-state index contributed by atoms with van der Waals surface area (Å²) in [5.74, 6) is 2.42. The Morgan fingerprint density at radius 3 is 2.32 bits per heavy atom. The molecule has 5 heteroatoms. The molecular weight excluding hydrogens is 599 g/mol. The van der Waals surface area contributed by atoms with Crippen LogP contribution in [0.4, 0.5) is 17.3 Å². The van der Waals surface area contributed by atoms with Crippen LogP contribution in [0.1, 0.15) is 22.7 Å². The Balaban J connectivity index is 0.00000241. The first-order valence-electron chi connectivity index (χ1n) is 10.9. The zero-order chi connectivity index (χ0) is 22.0. The summed E-state index contributed by atoms with van der Waals surface area (Å²) in [6, 6.07) is 34.6. The number of anilines is 3. The Morgan fingerprint density at radius 1 is 0.735 bits per heavy atom. The van der Waals surface area contributed by atoms with Crippen LogP contribution < -0.4 is 4.90 Å². The summed E-state index contributed by atoms with van der Waals surface area (Å²) in [7, 11) is 0. The molecule has 1 unspecified atom stereocenters. The van der Waals surface area contributed by atoms with E-state index in [1.807, 2.05) is 65.4 Å². The van der Waals surface area contributed by atoms with Crippen molar-refractivity contribution in [2.24, 2.45) is 0 Å². The smallest absolute Gasteiger partial charge is 0.436 e. The predicted molar refractivity (Wildman–Crippen MR) is 131 cm³/mol. The van der Waals surface area contributed by atoms with E-state index in [0.29, 0.717) is 0 Å². The molecule has 0 spiro atoms. The van der Waals surface area contributed by atoms with E-state index >= 15 is 0 Å². The third-order valence-electron chi connectivity index (χ3n) is 5.75. The number of hydrogen-bond acceptors (Lipinski definition) is 3. The van der Waals surface area contributed by atoms with Gasteiger partial charge in [-0.3, -0.25) is 16.0 Å². The van der Waals surface area contributed by atoms with Crippen molar-refractivity contribution in [1.29, 1.82) is 0 Å². The molecule has 0 N–H and O–H groups in total. The van der Waals surface area contributed by atoms with Gasteiger partial charge in [0.15, 0.2) is 0 Å². The largest absolute Gasteiger partial charge is 2.00 e. The maximum atomic E-state index is 5.09. The van der Waals surface area contributed by atoms with Gasteiger partial charge in [-0.2, -0.15) is 11.6 Å². The Labute approximate surface area is 213 Å². The number of aromatic nitrogens is 3. The van der Waals surface area contributed by atoms with Gasteiger partial charge in [0.05, 0.1) is 5.82 Å². The molecule has 3 heterocycles. The minimum Gasteiger partial charge on any atom is -0.436 e. The summed E-state index contributed by atoms with van der Waals surface area (Å²) in [6.07, 6.45) is 10.6.